The van der Waals surface area contributed by atoms with Crippen LogP contribution < -0.4 is 16.2 Å². The number of anilines is 2. The number of rotatable bonds is 6. The van der Waals surface area contributed by atoms with E-state index in [1.54, 1.807) is 6.20 Å². The molecule has 0 atom stereocenters. The number of allylic oxidation sites excluding steroid dienone is 2. The Hall–Kier alpha value is -2.34. The molecule has 6 nitrogen and oxygen atoms in total. The van der Waals surface area contributed by atoms with Crippen LogP contribution in [0.15, 0.2) is 34.9 Å². The topological polar surface area (TPSA) is 79.2 Å². The highest BCUT2D eigenvalue weighted by molar-refractivity contribution is 5.93. The molecule has 0 saturated carbocycles. The fourth-order valence-electron chi connectivity index (χ4n) is 2.30. The first-order valence-corrected chi connectivity index (χ1v) is 7.77. The van der Waals surface area contributed by atoms with Crippen molar-refractivity contribution in [1.82, 2.24) is 9.55 Å². The van der Waals surface area contributed by atoms with Crippen molar-refractivity contribution in [2.45, 2.75) is 40.3 Å². The van der Waals surface area contributed by atoms with Gasteiger partial charge in [-0.3, -0.25) is 4.79 Å². The molecule has 6 heteroatoms. The normalized spacial score (nSPS) is 12.0. The Morgan fingerprint density at radius 1 is 1.48 bits per heavy atom. The average molecular weight is 316 g/mol. The van der Waals surface area contributed by atoms with Gasteiger partial charge in [0.15, 0.2) is 0 Å². The quantitative estimate of drug-likeness (QED) is 0.763. The summed E-state index contributed by atoms with van der Waals surface area (Å²) in [7, 11) is 0. The minimum absolute atomic E-state index is 0.0775. The molecule has 2 heterocycles. The van der Waals surface area contributed by atoms with Gasteiger partial charge in [-0.15, -0.1) is 0 Å². The summed E-state index contributed by atoms with van der Waals surface area (Å²) in [5.41, 5.74) is 0.836. The molecule has 2 rings (SSSR count). The first-order chi connectivity index (χ1) is 11.0. The van der Waals surface area contributed by atoms with E-state index in [4.69, 9.17) is 5.11 Å². The lowest BCUT2D eigenvalue weighted by Gasteiger charge is -2.15. The number of hydrogen-bond acceptors (Lipinski definition) is 5. The molecule has 3 N–H and O–H groups in total. The smallest absolute Gasteiger partial charge is 0.262 e. The van der Waals surface area contributed by atoms with Crippen LogP contribution in [-0.2, 0) is 6.54 Å². The molecule has 0 bridgehead atoms. The number of nitrogens with one attached hydrogen (secondary N) is 2. The number of aliphatic hydroxyl groups is 1. The minimum atomic E-state index is -0.151. The van der Waals surface area contributed by atoms with Gasteiger partial charge in [0.05, 0.1) is 12.0 Å². The summed E-state index contributed by atoms with van der Waals surface area (Å²) in [5.74, 6) is 1.25. The van der Waals surface area contributed by atoms with E-state index in [1.807, 2.05) is 45.9 Å². The lowest BCUT2D eigenvalue weighted by atomic mass is 10.2. The van der Waals surface area contributed by atoms with E-state index in [2.05, 4.69) is 15.6 Å². The second-order valence-corrected chi connectivity index (χ2v) is 5.75. The highest BCUT2D eigenvalue weighted by Gasteiger charge is 2.12. The van der Waals surface area contributed by atoms with Crippen LogP contribution in [0.1, 0.15) is 27.7 Å². The maximum atomic E-state index is 12.7. The highest BCUT2D eigenvalue weighted by Crippen LogP contribution is 2.23. The fraction of sp³-hybridized carbons (Fsp3) is 0.412. The molecular weight excluding hydrogens is 292 g/mol. The van der Waals surface area contributed by atoms with E-state index >= 15 is 0 Å². The fourth-order valence-corrected chi connectivity index (χ4v) is 2.30. The van der Waals surface area contributed by atoms with Gasteiger partial charge in [-0.1, -0.05) is 6.08 Å². The maximum Gasteiger partial charge on any atom is 0.262 e. The van der Waals surface area contributed by atoms with Crippen molar-refractivity contribution in [2.24, 2.45) is 0 Å². The molecule has 0 aliphatic heterocycles. The third-order valence-corrected chi connectivity index (χ3v) is 3.48. The summed E-state index contributed by atoms with van der Waals surface area (Å²) in [6.45, 7) is 8.10. The van der Waals surface area contributed by atoms with Gasteiger partial charge in [-0.25, -0.2) is 4.98 Å². The third kappa shape index (κ3) is 3.90. The number of pyridine rings is 2. The predicted octanol–water partition coefficient (Wildman–Crippen LogP) is 2.54. The van der Waals surface area contributed by atoms with Crippen LogP contribution in [0.25, 0.3) is 10.8 Å². The Balaban J connectivity index is 2.65. The van der Waals surface area contributed by atoms with Crippen molar-refractivity contribution in [1.29, 1.82) is 0 Å². The molecular formula is C17H24N4O2. The van der Waals surface area contributed by atoms with Crippen LogP contribution in [0, 0.1) is 0 Å². The van der Waals surface area contributed by atoms with Crippen LogP contribution in [0.4, 0.5) is 11.6 Å². The van der Waals surface area contributed by atoms with Crippen molar-refractivity contribution in [3.05, 3.63) is 40.5 Å². The van der Waals surface area contributed by atoms with Crippen LogP contribution in [0.5, 0.6) is 0 Å². The van der Waals surface area contributed by atoms with Gasteiger partial charge < -0.3 is 20.3 Å². The van der Waals surface area contributed by atoms with Crippen LogP contribution in [0.3, 0.4) is 0 Å². The van der Waals surface area contributed by atoms with Gasteiger partial charge in [-0.05, 0) is 45.2 Å². The Morgan fingerprint density at radius 3 is 2.83 bits per heavy atom. The molecule has 0 radical (unpaired) electrons. The van der Waals surface area contributed by atoms with Gasteiger partial charge in [-0.2, -0.15) is 0 Å². The Labute approximate surface area is 135 Å². The van der Waals surface area contributed by atoms with Crippen LogP contribution in [0.2, 0.25) is 0 Å². The average Bonchev–Trinajstić information content (AvgIpc) is 2.49. The van der Waals surface area contributed by atoms with Gasteiger partial charge in [0.2, 0.25) is 0 Å². The Kier molecular flexibility index (Phi) is 5.39. The zero-order valence-corrected chi connectivity index (χ0v) is 14.1. The first kappa shape index (κ1) is 17.0. The maximum absolute atomic E-state index is 12.7. The SMILES string of the molecule is C/C=C(\C)Nc1cc2ccn(CCO)c(=O)c2c(NC(C)C)n1. The minimum Gasteiger partial charge on any atom is -0.395 e. The Bertz CT molecular complexity index is 778. The Morgan fingerprint density at radius 2 is 2.22 bits per heavy atom. The molecule has 0 aliphatic rings. The number of nitrogens with zero attached hydrogens (tertiary/aromatic N) is 2. The summed E-state index contributed by atoms with van der Waals surface area (Å²) < 4.78 is 1.50. The van der Waals surface area contributed by atoms with Gasteiger partial charge in [0, 0.05) is 24.5 Å². The van der Waals surface area contributed by atoms with Crippen LogP contribution >= 0.6 is 0 Å². The molecule has 0 aromatic carbocycles. The number of aromatic nitrogens is 2. The van der Waals surface area contributed by atoms with Crippen molar-refractivity contribution in [2.75, 3.05) is 17.2 Å². The molecule has 0 fully saturated rings. The number of fused-ring (bicyclic) bond motifs is 1. The van der Waals surface area contributed by atoms with E-state index in [-0.39, 0.29) is 24.8 Å². The molecule has 23 heavy (non-hydrogen) atoms. The standard InChI is InChI=1S/C17H24N4O2/c1-5-12(4)19-14-10-13-6-7-21(8-9-22)17(23)15(13)16(20-14)18-11(2)3/h5-7,10-11,22H,8-9H2,1-4H3,(H2,18,19,20)/b12-5+. The zero-order valence-electron chi connectivity index (χ0n) is 14.1. The second-order valence-electron chi connectivity index (χ2n) is 5.75. The summed E-state index contributed by atoms with van der Waals surface area (Å²) in [6.07, 6.45) is 3.66. The molecule has 0 saturated heterocycles. The number of hydrogen-bond donors (Lipinski definition) is 3. The predicted molar refractivity (Wildman–Crippen MR) is 94.9 cm³/mol. The van der Waals surface area contributed by atoms with E-state index < -0.39 is 0 Å². The van der Waals surface area contributed by atoms with E-state index in [9.17, 15) is 4.79 Å². The van der Waals surface area contributed by atoms with Gasteiger partial charge in [0.25, 0.3) is 5.56 Å². The lowest BCUT2D eigenvalue weighted by molar-refractivity contribution is 0.274. The molecule has 0 unspecified atom stereocenters. The molecule has 2 aromatic rings. The van der Waals surface area contributed by atoms with Crippen molar-refractivity contribution < 1.29 is 5.11 Å². The molecule has 2 aromatic heterocycles. The third-order valence-electron chi connectivity index (χ3n) is 3.48. The second kappa shape index (κ2) is 7.28. The molecule has 0 spiro atoms. The molecule has 124 valence electrons. The van der Waals surface area contributed by atoms with Crippen molar-refractivity contribution in [3.8, 4) is 0 Å². The summed E-state index contributed by atoms with van der Waals surface area (Å²) in [4.78, 5) is 17.2. The van der Waals surface area contributed by atoms with Crippen molar-refractivity contribution in [3.63, 3.8) is 0 Å². The van der Waals surface area contributed by atoms with E-state index in [1.165, 1.54) is 4.57 Å². The highest BCUT2D eigenvalue weighted by atomic mass is 16.3. The monoisotopic (exact) mass is 316 g/mol. The lowest BCUT2D eigenvalue weighted by Crippen LogP contribution is -2.23. The van der Waals surface area contributed by atoms with Gasteiger partial charge >= 0.3 is 0 Å². The van der Waals surface area contributed by atoms with E-state index in [0.717, 1.165) is 11.1 Å². The van der Waals surface area contributed by atoms with Gasteiger partial charge in [0.1, 0.15) is 11.6 Å². The number of aliphatic hydroxyl groups excluding tert-OH is 1. The van der Waals surface area contributed by atoms with E-state index in [0.29, 0.717) is 17.0 Å². The summed E-state index contributed by atoms with van der Waals surface area (Å²) in [6, 6.07) is 3.88. The molecule has 0 amide bonds. The zero-order chi connectivity index (χ0) is 17.0. The first-order valence-electron chi connectivity index (χ1n) is 7.77. The molecule has 0 aliphatic carbocycles. The largest absolute Gasteiger partial charge is 0.395 e. The summed E-state index contributed by atoms with van der Waals surface area (Å²) >= 11 is 0. The van der Waals surface area contributed by atoms with Crippen LogP contribution in [-0.4, -0.2) is 27.3 Å². The van der Waals surface area contributed by atoms with Crippen molar-refractivity contribution >= 4 is 22.4 Å². The summed E-state index contributed by atoms with van der Waals surface area (Å²) in [5, 5.41) is 16.9.